The number of imidazole rings is 1. The maximum atomic E-state index is 12.8. The van der Waals surface area contributed by atoms with E-state index in [0.29, 0.717) is 26.1 Å². The van der Waals surface area contributed by atoms with Crippen LogP contribution in [-0.4, -0.2) is 69.8 Å². The zero-order valence-corrected chi connectivity index (χ0v) is 17.5. The quantitative estimate of drug-likeness (QED) is 0.625. The third kappa shape index (κ3) is 4.68. The maximum Gasteiger partial charge on any atom is 0.239 e. The topological polar surface area (TPSA) is 93.4 Å². The van der Waals surface area contributed by atoms with Gasteiger partial charge in [-0.2, -0.15) is 0 Å². The molecule has 2 aliphatic rings. The van der Waals surface area contributed by atoms with Gasteiger partial charge in [-0.15, -0.1) is 11.3 Å². The van der Waals surface area contributed by atoms with Gasteiger partial charge in [0.05, 0.1) is 13.1 Å². The van der Waals surface area contributed by atoms with E-state index in [1.54, 1.807) is 17.5 Å². The molecule has 2 fully saturated rings. The third-order valence-electron chi connectivity index (χ3n) is 6.00. The number of carbonyl (C=O) groups excluding carboxylic acids is 2. The Hall–Kier alpha value is -2.23. The summed E-state index contributed by atoms with van der Waals surface area (Å²) in [5.41, 5.74) is 0. The number of nitrogens with zero attached hydrogens (tertiary/aromatic N) is 3. The van der Waals surface area contributed by atoms with E-state index in [9.17, 15) is 9.59 Å². The molecule has 8 nitrogen and oxygen atoms in total. The van der Waals surface area contributed by atoms with Gasteiger partial charge < -0.3 is 15.6 Å². The van der Waals surface area contributed by atoms with Crippen LogP contribution < -0.4 is 10.6 Å². The summed E-state index contributed by atoms with van der Waals surface area (Å²) in [5, 5.41) is 8.10. The van der Waals surface area contributed by atoms with Crippen molar-refractivity contribution in [1.82, 2.24) is 30.4 Å². The van der Waals surface area contributed by atoms with Gasteiger partial charge in [-0.3, -0.25) is 19.4 Å². The van der Waals surface area contributed by atoms with E-state index in [2.05, 4.69) is 37.4 Å². The van der Waals surface area contributed by atoms with E-state index in [0.717, 1.165) is 30.1 Å². The van der Waals surface area contributed by atoms with E-state index >= 15 is 0 Å². The summed E-state index contributed by atoms with van der Waals surface area (Å²) >= 11 is 1.64. The molecule has 2 aromatic heterocycles. The fourth-order valence-corrected chi connectivity index (χ4v) is 5.03. The number of thiophene rings is 1. The molecule has 3 N–H and O–H groups in total. The Kier molecular flexibility index (Phi) is 6.27. The molecule has 0 spiro atoms. The number of aromatic amines is 1. The second kappa shape index (κ2) is 9.06. The number of H-pyrrole nitrogens is 1. The molecule has 2 amide bonds. The van der Waals surface area contributed by atoms with Crippen LogP contribution in [0.1, 0.15) is 30.0 Å². The zero-order chi connectivity index (χ0) is 20.2. The van der Waals surface area contributed by atoms with Crippen LogP contribution in [-0.2, 0) is 22.7 Å². The van der Waals surface area contributed by atoms with E-state index in [1.165, 1.54) is 0 Å². The fraction of sp³-hybridized carbons (Fsp3) is 0.550. The number of hydrogen-bond acceptors (Lipinski definition) is 6. The number of likely N-dealkylation sites (tertiary alicyclic amines) is 1. The Labute approximate surface area is 174 Å². The van der Waals surface area contributed by atoms with Crippen LogP contribution in [0.15, 0.2) is 29.9 Å². The van der Waals surface area contributed by atoms with E-state index in [1.807, 2.05) is 23.7 Å². The molecule has 4 rings (SSSR count). The van der Waals surface area contributed by atoms with Gasteiger partial charge in [-0.1, -0.05) is 6.07 Å². The van der Waals surface area contributed by atoms with Gasteiger partial charge >= 0.3 is 0 Å². The van der Waals surface area contributed by atoms with Gasteiger partial charge in [0.1, 0.15) is 11.9 Å². The fourth-order valence-electron chi connectivity index (χ4n) is 4.39. The molecular weight excluding hydrogens is 388 g/mol. The first-order valence-electron chi connectivity index (χ1n) is 10.1. The van der Waals surface area contributed by atoms with Crippen molar-refractivity contribution >= 4 is 23.2 Å². The number of aromatic nitrogens is 2. The van der Waals surface area contributed by atoms with Crippen LogP contribution in [0.25, 0.3) is 0 Å². The van der Waals surface area contributed by atoms with Crippen LogP contribution in [0.5, 0.6) is 0 Å². The van der Waals surface area contributed by atoms with Crippen molar-refractivity contribution in [3.8, 4) is 0 Å². The molecule has 0 bridgehead atoms. The summed E-state index contributed by atoms with van der Waals surface area (Å²) in [4.78, 5) is 38.2. The molecule has 4 heterocycles. The number of amides is 2. The highest BCUT2D eigenvalue weighted by Gasteiger charge is 2.45. The molecule has 9 heteroatoms. The Morgan fingerprint density at radius 3 is 3.10 bits per heavy atom. The average Bonchev–Trinajstić information content (AvgIpc) is 3.47. The number of rotatable bonds is 7. The van der Waals surface area contributed by atoms with Crippen molar-refractivity contribution in [2.24, 2.45) is 0 Å². The van der Waals surface area contributed by atoms with Gasteiger partial charge in [-0.25, -0.2) is 4.98 Å². The lowest BCUT2D eigenvalue weighted by Crippen LogP contribution is -2.49. The van der Waals surface area contributed by atoms with Gasteiger partial charge in [0.2, 0.25) is 11.8 Å². The third-order valence-corrected chi connectivity index (χ3v) is 6.88. The Bertz CT molecular complexity index is 809. The SMILES string of the molecule is CN1C(CCC(=O)NCc2cccs2)CNC(=O)C2C1CCN2Cc1ncc[nH]1. The smallest absolute Gasteiger partial charge is 0.239 e. The standard InChI is InChI=1S/C20H28N6O2S/c1-25-14(4-5-18(27)23-12-15-3-2-10-29-15)11-24-20(28)19-16(25)6-9-26(19)13-17-21-7-8-22-17/h2-3,7-8,10,14,16,19H,4-6,9,11-13H2,1H3,(H,21,22)(H,23,27)(H,24,28). The summed E-state index contributed by atoms with van der Waals surface area (Å²) in [6.07, 6.45) is 5.68. The molecule has 29 heavy (non-hydrogen) atoms. The first kappa shape index (κ1) is 20.1. The lowest BCUT2D eigenvalue weighted by atomic mass is 10.0. The Balaban J connectivity index is 1.32. The second-order valence-electron chi connectivity index (χ2n) is 7.77. The number of fused-ring (bicyclic) bond motifs is 1. The van der Waals surface area contributed by atoms with Crippen LogP contribution in [0.3, 0.4) is 0 Å². The molecule has 3 atom stereocenters. The van der Waals surface area contributed by atoms with Crippen molar-refractivity contribution in [3.05, 3.63) is 40.6 Å². The van der Waals surface area contributed by atoms with E-state index in [4.69, 9.17) is 0 Å². The molecule has 3 unspecified atom stereocenters. The van der Waals surface area contributed by atoms with Crippen LogP contribution in [0.4, 0.5) is 0 Å². The molecule has 156 valence electrons. The minimum absolute atomic E-state index is 0.0600. The van der Waals surface area contributed by atoms with Crippen molar-refractivity contribution in [1.29, 1.82) is 0 Å². The number of likely N-dealkylation sites (N-methyl/N-ethyl adjacent to an activating group) is 1. The first-order chi connectivity index (χ1) is 14.1. The molecular formula is C20H28N6O2S. The predicted octanol–water partition coefficient (Wildman–Crippen LogP) is 0.941. The summed E-state index contributed by atoms with van der Waals surface area (Å²) in [6, 6.07) is 4.15. The minimum Gasteiger partial charge on any atom is -0.353 e. The first-order valence-corrected chi connectivity index (χ1v) is 11.0. The van der Waals surface area contributed by atoms with Crippen LogP contribution >= 0.6 is 11.3 Å². The molecule has 0 aromatic carbocycles. The van der Waals surface area contributed by atoms with Crippen molar-refractivity contribution < 1.29 is 9.59 Å². The highest BCUT2D eigenvalue weighted by molar-refractivity contribution is 7.09. The minimum atomic E-state index is -0.178. The van der Waals surface area contributed by atoms with E-state index in [-0.39, 0.29) is 29.9 Å². The summed E-state index contributed by atoms with van der Waals surface area (Å²) in [6.45, 7) is 2.67. The van der Waals surface area contributed by atoms with Gasteiger partial charge in [0, 0.05) is 48.9 Å². The van der Waals surface area contributed by atoms with E-state index < -0.39 is 0 Å². The summed E-state index contributed by atoms with van der Waals surface area (Å²) in [7, 11) is 2.09. The average molecular weight is 417 g/mol. The van der Waals surface area contributed by atoms with Crippen molar-refractivity contribution in [2.45, 2.75) is 50.5 Å². The molecule has 2 saturated heterocycles. The highest BCUT2D eigenvalue weighted by atomic mass is 32.1. The molecule has 0 radical (unpaired) electrons. The Morgan fingerprint density at radius 1 is 1.45 bits per heavy atom. The number of nitrogens with one attached hydrogen (secondary N) is 3. The lowest BCUT2D eigenvalue weighted by Gasteiger charge is -2.33. The summed E-state index contributed by atoms with van der Waals surface area (Å²) in [5.74, 6) is 1.02. The van der Waals surface area contributed by atoms with Gasteiger partial charge in [0.15, 0.2) is 0 Å². The van der Waals surface area contributed by atoms with Crippen LogP contribution in [0.2, 0.25) is 0 Å². The van der Waals surface area contributed by atoms with Crippen molar-refractivity contribution in [2.75, 3.05) is 20.1 Å². The molecule has 0 aliphatic carbocycles. The molecule has 2 aromatic rings. The summed E-state index contributed by atoms with van der Waals surface area (Å²) < 4.78 is 0. The normalized spacial score (nSPS) is 25.4. The largest absolute Gasteiger partial charge is 0.353 e. The van der Waals surface area contributed by atoms with Gasteiger partial charge in [0.25, 0.3) is 0 Å². The second-order valence-corrected chi connectivity index (χ2v) is 8.80. The van der Waals surface area contributed by atoms with Crippen molar-refractivity contribution in [3.63, 3.8) is 0 Å². The number of carbonyl (C=O) groups is 2. The molecule has 0 saturated carbocycles. The maximum absolute atomic E-state index is 12.8. The highest BCUT2D eigenvalue weighted by Crippen LogP contribution is 2.28. The predicted molar refractivity (Wildman–Crippen MR) is 111 cm³/mol. The molecule has 2 aliphatic heterocycles. The van der Waals surface area contributed by atoms with Gasteiger partial charge in [-0.05, 0) is 31.3 Å². The van der Waals surface area contributed by atoms with Crippen LogP contribution in [0, 0.1) is 0 Å². The lowest BCUT2D eigenvalue weighted by molar-refractivity contribution is -0.126. The Morgan fingerprint density at radius 2 is 2.34 bits per heavy atom. The monoisotopic (exact) mass is 416 g/mol. The number of hydrogen-bond donors (Lipinski definition) is 3. The zero-order valence-electron chi connectivity index (χ0n) is 16.6.